The van der Waals surface area contributed by atoms with Crippen LogP contribution in [0.5, 0.6) is 5.75 Å². The van der Waals surface area contributed by atoms with E-state index in [-0.39, 0.29) is 18.1 Å². The van der Waals surface area contributed by atoms with E-state index in [0.29, 0.717) is 24.8 Å². The summed E-state index contributed by atoms with van der Waals surface area (Å²) < 4.78 is 18.5. The summed E-state index contributed by atoms with van der Waals surface area (Å²) in [6.45, 7) is 0. The number of carboxylic acids is 1. The number of hydrogen-bond acceptors (Lipinski definition) is 3. The van der Waals surface area contributed by atoms with Gasteiger partial charge in [-0.15, -0.1) is 0 Å². The fourth-order valence-corrected chi connectivity index (χ4v) is 3.18. The Kier molecular flexibility index (Phi) is 6.17. The van der Waals surface area contributed by atoms with E-state index in [1.807, 2.05) is 0 Å². The molecule has 1 aromatic carbocycles. The topological polar surface area (TPSA) is 75.6 Å². The van der Waals surface area contributed by atoms with Gasteiger partial charge in [0.2, 0.25) is 5.91 Å². The quantitative estimate of drug-likeness (QED) is 0.782. The van der Waals surface area contributed by atoms with Crippen LogP contribution in [0.15, 0.2) is 18.2 Å². The number of aliphatic carboxylic acids is 1. The van der Waals surface area contributed by atoms with E-state index in [1.54, 1.807) is 6.07 Å². The van der Waals surface area contributed by atoms with Gasteiger partial charge in [0.15, 0.2) is 11.6 Å². The van der Waals surface area contributed by atoms with Gasteiger partial charge in [-0.25, -0.2) is 9.18 Å². The summed E-state index contributed by atoms with van der Waals surface area (Å²) in [6.07, 6.45) is 5.00. The van der Waals surface area contributed by atoms with Crippen molar-refractivity contribution in [3.63, 3.8) is 0 Å². The third-order valence-electron chi connectivity index (χ3n) is 4.60. The number of methoxy groups -OCH3 is 1. The molecule has 0 aliphatic heterocycles. The molecule has 6 heteroatoms. The summed E-state index contributed by atoms with van der Waals surface area (Å²) in [4.78, 5) is 23.9. The molecule has 1 saturated carbocycles. The summed E-state index contributed by atoms with van der Waals surface area (Å²) in [5.41, 5.74) is -0.479. The number of amides is 1. The third kappa shape index (κ3) is 4.46. The minimum Gasteiger partial charge on any atom is -0.494 e. The number of halogens is 1. The predicted molar refractivity (Wildman–Crippen MR) is 87.5 cm³/mol. The molecule has 5 nitrogen and oxygen atoms in total. The van der Waals surface area contributed by atoms with Crippen molar-refractivity contribution in [3.05, 3.63) is 29.6 Å². The van der Waals surface area contributed by atoms with Crippen molar-refractivity contribution in [1.29, 1.82) is 0 Å². The molecule has 0 unspecified atom stereocenters. The van der Waals surface area contributed by atoms with Gasteiger partial charge >= 0.3 is 5.97 Å². The summed E-state index contributed by atoms with van der Waals surface area (Å²) in [5, 5.41) is 12.3. The van der Waals surface area contributed by atoms with Crippen molar-refractivity contribution in [1.82, 2.24) is 5.32 Å². The van der Waals surface area contributed by atoms with Gasteiger partial charge in [0, 0.05) is 6.42 Å². The fourth-order valence-electron chi connectivity index (χ4n) is 3.18. The van der Waals surface area contributed by atoms with Gasteiger partial charge in [-0.3, -0.25) is 4.79 Å². The minimum atomic E-state index is -1.15. The van der Waals surface area contributed by atoms with Crippen LogP contribution in [0.2, 0.25) is 0 Å². The molecule has 0 saturated heterocycles. The highest BCUT2D eigenvalue weighted by Crippen LogP contribution is 2.28. The lowest BCUT2D eigenvalue weighted by Gasteiger charge is -2.29. The first kappa shape index (κ1) is 18.2. The van der Waals surface area contributed by atoms with Crippen LogP contribution in [0.1, 0.15) is 50.5 Å². The predicted octanol–water partition coefficient (Wildman–Crippen LogP) is 3.06. The van der Waals surface area contributed by atoms with Crippen LogP contribution in [0.25, 0.3) is 0 Å². The molecule has 0 radical (unpaired) electrons. The Balaban J connectivity index is 1.96. The first-order valence-corrected chi connectivity index (χ1v) is 8.34. The lowest BCUT2D eigenvalue weighted by atomic mass is 9.90. The molecule has 0 atom stereocenters. The minimum absolute atomic E-state index is 0.126. The highest BCUT2D eigenvalue weighted by Gasteiger charge is 2.39. The average Bonchev–Trinajstić information content (AvgIpc) is 2.79. The zero-order valence-corrected chi connectivity index (χ0v) is 13.9. The van der Waals surface area contributed by atoms with Gasteiger partial charge in [0.1, 0.15) is 5.54 Å². The lowest BCUT2D eigenvalue weighted by Crippen LogP contribution is -2.54. The van der Waals surface area contributed by atoms with E-state index in [1.165, 1.54) is 19.2 Å². The van der Waals surface area contributed by atoms with Gasteiger partial charge < -0.3 is 15.2 Å². The van der Waals surface area contributed by atoms with E-state index in [0.717, 1.165) is 25.7 Å². The Hall–Kier alpha value is -2.11. The summed E-state index contributed by atoms with van der Waals surface area (Å²) in [5.74, 6) is -1.59. The first-order valence-electron chi connectivity index (χ1n) is 8.34. The lowest BCUT2D eigenvalue weighted by molar-refractivity contribution is -0.148. The van der Waals surface area contributed by atoms with Gasteiger partial charge in [0.25, 0.3) is 0 Å². The third-order valence-corrected chi connectivity index (χ3v) is 4.60. The summed E-state index contributed by atoms with van der Waals surface area (Å²) in [6, 6.07) is 4.56. The van der Waals surface area contributed by atoms with E-state index < -0.39 is 17.3 Å². The highest BCUT2D eigenvalue weighted by atomic mass is 19.1. The summed E-state index contributed by atoms with van der Waals surface area (Å²) in [7, 11) is 1.39. The second-order valence-electron chi connectivity index (χ2n) is 6.32. The molecule has 0 bridgehead atoms. The number of ether oxygens (including phenoxy) is 1. The largest absolute Gasteiger partial charge is 0.494 e. The Morgan fingerprint density at radius 1 is 1.25 bits per heavy atom. The van der Waals surface area contributed by atoms with Gasteiger partial charge in [-0.1, -0.05) is 31.7 Å². The number of hydrogen-bond donors (Lipinski definition) is 2. The number of carboxylic acid groups (broad SMARTS) is 1. The van der Waals surface area contributed by atoms with E-state index >= 15 is 0 Å². The van der Waals surface area contributed by atoms with Crippen LogP contribution in [0.4, 0.5) is 4.39 Å². The second-order valence-corrected chi connectivity index (χ2v) is 6.32. The number of benzene rings is 1. The molecular weight excluding hydrogens is 313 g/mol. The number of nitrogens with one attached hydrogen (secondary N) is 1. The van der Waals surface area contributed by atoms with Gasteiger partial charge in [-0.05, 0) is 37.0 Å². The maximum absolute atomic E-state index is 13.7. The zero-order chi connectivity index (χ0) is 17.6. The number of aryl methyl sites for hydroxylation is 1. The van der Waals surface area contributed by atoms with Crippen molar-refractivity contribution in [2.24, 2.45) is 0 Å². The van der Waals surface area contributed by atoms with Gasteiger partial charge in [0.05, 0.1) is 7.11 Å². The van der Waals surface area contributed by atoms with Crippen LogP contribution >= 0.6 is 0 Å². The maximum atomic E-state index is 13.7. The molecule has 1 aromatic rings. The molecule has 1 aliphatic carbocycles. The molecule has 132 valence electrons. The highest BCUT2D eigenvalue weighted by molar-refractivity contribution is 5.87. The number of carbonyl (C=O) groups excluding carboxylic acids is 1. The smallest absolute Gasteiger partial charge is 0.329 e. The van der Waals surface area contributed by atoms with E-state index in [4.69, 9.17) is 4.74 Å². The molecular formula is C18H24FNO4. The standard InChI is InChI=1S/C18H24FNO4/c1-24-15-8-6-13(12-14(15)19)7-9-16(21)20-18(17(22)23)10-4-2-3-5-11-18/h6,8,12H,2-5,7,9-11H2,1H3,(H,20,21)(H,22,23). The van der Waals surface area contributed by atoms with Crippen molar-refractivity contribution in [3.8, 4) is 5.75 Å². The van der Waals surface area contributed by atoms with Crippen LogP contribution in [-0.4, -0.2) is 29.6 Å². The fraction of sp³-hybridized carbons (Fsp3) is 0.556. The van der Waals surface area contributed by atoms with Crippen LogP contribution in [0.3, 0.4) is 0 Å². The normalized spacial score (nSPS) is 16.9. The number of carbonyl (C=O) groups is 2. The monoisotopic (exact) mass is 337 g/mol. The molecule has 1 fully saturated rings. The van der Waals surface area contributed by atoms with Crippen molar-refractivity contribution in [2.45, 2.75) is 56.9 Å². The maximum Gasteiger partial charge on any atom is 0.329 e. The van der Waals surface area contributed by atoms with Gasteiger partial charge in [-0.2, -0.15) is 0 Å². The van der Waals surface area contributed by atoms with Crippen LogP contribution < -0.4 is 10.1 Å². The zero-order valence-electron chi connectivity index (χ0n) is 13.9. The molecule has 0 aromatic heterocycles. The Morgan fingerprint density at radius 3 is 2.46 bits per heavy atom. The van der Waals surface area contributed by atoms with Crippen molar-refractivity contribution in [2.75, 3.05) is 7.11 Å². The Labute approximate surface area is 141 Å². The van der Waals surface area contributed by atoms with Crippen molar-refractivity contribution < 1.29 is 23.8 Å². The molecule has 1 amide bonds. The molecule has 2 N–H and O–H groups in total. The van der Waals surface area contributed by atoms with Crippen LogP contribution in [0, 0.1) is 5.82 Å². The van der Waals surface area contributed by atoms with E-state index in [2.05, 4.69) is 5.32 Å². The second kappa shape index (κ2) is 8.13. The molecule has 1 aliphatic rings. The molecule has 0 spiro atoms. The SMILES string of the molecule is COc1ccc(CCC(=O)NC2(C(=O)O)CCCCCC2)cc1F. The summed E-state index contributed by atoms with van der Waals surface area (Å²) >= 11 is 0. The Bertz CT molecular complexity index is 595. The van der Waals surface area contributed by atoms with E-state index in [9.17, 15) is 19.1 Å². The first-order chi connectivity index (χ1) is 11.5. The van der Waals surface area contributed by atoms with Crippen LogP contribution in [-0.2, 0) is 16.0 Å². The molecule has 0 heterocycles. The molecule has 24 heavy (non-hydrogen) atoms. The number of rotatable bonds is 6. The Morgan fingerprint density at radius 2 is 1.92 bits per heavy atom. The van der Waals surface area contributed by atoms with Crippen molar-refractivity contribution >= 4 is 11.9 Å². The average molecular weight is 337 g/mol. The molecule has 2 rings (SSSR count).